The molecule has 0 radical (unpaired) electrons. The Morgan fingerprint density at radius 3 is 2.72 bits per heavy atom. The molecule has 5 atom stereocenters. The minimum absolute atomic E-state index is 0.242. The molecular formula is C19H22O6. The fourth-order valence-electron chi connectivity index (χ4n) is 3.64. The Labute approximate surface area is 146 Å². The first-order chi connectivity index (χ1) is 11.6. The van der Waals surface area contributed by atoms with Gasteiger partial charge in [0.1, 0.15) is 18.3 Å². The minimum Gasteiger partial charge on any atom is -0.458 e. The van der Waals surface area contributed by atoms with Gasteiger partial charge in [0.2, 0.25) is 5.79 Å². The van der Waals surface area contributed by atoms with Gasteiger partial charge in [-0.2, -0.15) is 0 Å². The predicted molar refractivity (Wildman–Crippen MR) is 89.2 cm³/mol. The minimum atomic E-state index is -1.56. The Morgan fingerprint density at radius 1 is 1.40 bits per heavy atom. The van der Waals surface area contributed by atoms with Crippen molar-refractivity contribution in [3.05, 3.63) is 47.6 Å². The van der Waals surface area contributed by atoms with E-state index in [-0.39, 0.29) is 11.1 Å². The zero-order chi connectivity index (χ0) is 18.5. The zero-order valence-corrected chi connectivity index (χ0v) is 14.6. The lowest BCUT2D eigenvalue weighted by Gasteiger charge is -2.30. The van der Waals surface area contributed by atoms with E-state index in [0.717, 1.165) is 11.1 Å². The van der Waals surface area contributed by atoms with Gasteiger partial charge in [0.25, 0.3) is 0 Å². The molecule has 0 aromatic carbocycles. The number of carbonyl (C=O) groups is 2. The van der Waals surface area contributed by atoms with Crippen LogP contribution in [0.4, 0.5) is 0 Å². The second-order valence-corrected chi connectivity index (χ2v) is 7.02. The molecule has 6 nitrogen and oxygen atoms in total. The van der Waals surface area contributed by atoms with Gasteiger partial charge in [-0.3, -0.25) is 0 Å². The van der Waals surface area contributed by atoms with Crippen LogP contribution in [0.25, 0.3) is 0 Å². The van der Waals surface area contributed by atoms with Crippen LogP contribution >= 0.6 is 0 Å². The lowest BCUT2D eigenvalue weighted by atomic mass is 9.83. The van der Waals surface area contributed by atoms with Gasteiger partial charge >= 0.3 is 11.9 Å². The first kappa shape index (κ1) is 17.6. The quantitative estimate of drug-likeness (QED) is 0.468. The van der Waals surface area contributed by atoms with E-state index in [1.54, 1.807) is 32.9 Å². The van der Waals surface area contributed by atoms with Crippen molar-refractivity contribution in [2.24, 2.45) is 5.92 Å². The van der Waals surface area contributed by atoms with Crippen molar-refractivity contribution in [3.8, 4) is 0 Å². The molecule has 0 spiro atoms. The van der Waals surface area contributed by atoms with Crippen LogP contribution in [0.2, 0.25) is 0 Å². The standard InChI is InChI=1S/C19H22O6/c1-9(2)17(20)23-13-6-10(3)7-19(22)8-11(4)15(25-19)16-14(13)12(5)18(21)24-16/h7-8,13-16,22H,1,5-6H2,2-4H3/t13-,14+,15-,16-,19-/m0/s1. The molecule has 1 saturated heterocycles. The number of hydrogen-bond donors (Lipinski definition) is 1. The predicted octanol–water partition coefficient (Wildman–Crippen LogP) is 1.96. The van der Waals surface area contributed by atoms with Crippen LogP contribution < -0.4 is 0 Å². The Bertz CT molecular complexity index is 730. The SMILES string of the molecule is C=C(C)C(=O)O[C@H]1CC(C)=C[C@@]2(O)C=C(C)[C@H](O2)[C@H]2OC(=O)C(=C)[C@@H]21. The van der Waals surface area contributed by atoms with E-state index < -0.39 is 42.0 Å². The maximum absolute atomic E-state index is 12.1. The van der Waals surface area contributed by atoms with Crippen LogP contribution in [0.1, 0.15) is 27.2 Å². The summed E-state index contributed by atoms with van der Waals surface area (Å²) >= 11 is 0. The first-order valence-electron chi connectivity index (χ1n) is 8.15. The number of fused-ring (bicyclic) bond motifs is 4. The summed E-state index contributed by atoms with van der Waals surface area (Å²) in [6.07, 6.45) is 1.50. The molecule has 3 rings (SSSR count). The molecule has 2 bridgehead atoms. The van der Waals surface area contributed by atoms with Gasteiger partial charge in [-0.1, -0.05) is 18.7 Å². The van der Waals surface area contributed by atoms with Gasteiger partial charge in [0, 0.05) is 17.6 Å². The number of esters is 2. The van der Waals surface area contributed by atoms with Crippen molar-refractivity contribution in [1.82, 2.24) is 0 Å². The number of hydrogen-bond acceptors (Lipinski definition) is 6. The van der Waals surface area contributed by atoms with Crippen molar-refractivity contribution in [2.45, 2.75) is 51.3 Å². The third-order valence-electron chi connectivity index (χ3n) is 4.74. The Morgan fingerprint density at radius 2 is 2.08 bits per heavy atom. The maximum atomic E-state index is 12.1. The van der Waals surface area contributed by atoms with Gasteiger partial charge in [-0.15, -0.1) is 0 Å². The second kappa shape index (κ2) is 5.97. The van der Waals surface area contributed by atoms with E-state index in [1.807, 2.05) is 0 Å². The molecule has 134 valence electrons. The van der Waals surface area contributed by atoms with Crippen LogP contribution in [0.5, 0.6) is 0 Å². The normalized spacial score (nSPS) is 37.1. The van der Waals surface area contributed by atoms with Crippen molar-refractivity contribution < 1.29 is 28.9 Å². The molecule has 0 aliphatic carbocycles. The number of rotatable bonds is 2. The molecule has 1 fully saturated rings. The highest BCUT2D eigenvalue weighted by atomic mass is 16.7. The smallest absolute Gasteiger partial charge is 0.334 e. The summed E-state index contributed by atoms with van der Waals surface area (Å²) < 4.78 is 16.8. The third-order valence-corrected chi connectivity index (χ3v) is 4.74. The van der Waals surface area contributed by atoms with Crippen LogP contribution in [0.3, 0.4) is 0 Å². The van der Waals surface area contributed by atoms with Crippen molar-refractivity contribution in [3.63, 3.8) is 0 Å². The van der Waals surface area contributed by atoms with Crippen molar-refractivity contribution in [1.29, 1.82) is 0 Å². The largest absolute Gasteiger partial charge is 0.458 e. The van der Waals surface area contributed by atoms with E-state index in [2.05, 4.69) is 13.2 Å². The summed E-state index contributed by atoms with van der Waals surface area (Å²) in [5, 5.41) is 10.6. The molecule has 0 saturated carbocycles. The molecule has 0 amide bonds. The fraction of sp³-hybridized carbons (Fsp3) is 0.474. The molecular weight excluding hydrogens is 324 g/mol. The average Bonchev–Trinajstić information content (AvgIpc) is 2.95. The Hall–Kier alpha value is -2.18. The van der Waals surface area contributed by atoms with Crippen molar-refractivity contribution in [2.75, 3.05) is 0 Å². The Balaban J connectivity index is 2.05. The van der Waals surface area contributed by atoms with E-state index in [9.17, 15) is 14.7 Å². The lowest BCUT2D eigenvalue weighted by Crippen LogP contribution is -2.41. The summed E-state index contributed by atoms with van der Waals surface area (Å²) in [6.45, 7) is 12.6. The third kappa shape index (κ3) is 3.07. The number of ether oxygens (including phenoxy) is 3. The average molecular weight is 346 g/mol. The highest BCUT2D eigenvalue weighted by Crippen LogP contribution is 2.43. The van der Waals surface area contributed by atoms with Gasteiger partial charge in [0.15, 0.2) is 0 Å². The topological polar surface area (TPSA) is 82.1 Å². The van der Waals surface area contributed by atoms with Gasteiger partial charge in [0.05, 0.1) is 5.92 Å². The summed E-state index contributed by atoms with van der Waals surface area (Å²) in [7, 11) is 0. The molecule has 3 aliphatic rings. The maximum Gasteiger partial charge on any atom is 0.334 e. The Kier molecular flexibility index (Phi) is 4.21. The van der Waals surface area contributed by atoms with Crippen LogP contribution in [-0.4, -0.2) is 41.1 Å². The van der Waals surface area contributed by atoms with Crippen LogP contribution in [-0.2, 0) is 23.8 Å². The summed E-state index contributed by atoms with van der Waals surface area (Å²) in [5.41, 5.74) is 2.02. The molecule has 0 aromatic heterocycles. The summed E-state index contributed by atoms with van der Waals surface area (Å²) in [4.78, 5) is 24.2. The molecule has 3 heterocycles. The highest BCUT2D eigenvalue weighted by Gasteiger charge is 2.53. The second-order valence-electron chi connectivity index (χ2n) is 7.02. The molecule has 6 heteroatoms. The molecule has 1 N–H and O–H groups in total. The lowest BCUT2D eigenvalue weighted by molar-refractivity contribution is -0.178. The zero-order valence-electron chi connectivity index (χ0n) is 14.6. The fourth-order valence-corrected chi connectivity index (χ4v) is 3.64. The van der Waals surface area contributed by atoms with Crippen LogP contribution in [0, 0.1) is 5.92 Å². The van der Waals surface area contributed by atoms with Gasteiger partial charge in [-0.05, 0) is 38.5 Å². The van der Waals surface area contributed by atoms with E-state index in [4.69, 9.17) is 14.2 Å². The summed E-state index contributed by atoms with van der Waals surface area (Å²) in [6, 6.07) is 0. The molecule has 0 aromatic rings. The monoisotopic (exact) mass is 346 g/mol. The highest BCUT2D eigenvalue weighted by molar-refractivity contribution is 5.91. The van der Waals surface area contributed by atoms with E-state index in [1.165, 1.54) is 0 Å². The van der Waals surface area contributed by atoms with Gasteiger partial charge < -0.3 is 19.3 Å². The molecule has 3 aliphatic heterocycles. The number of aliphatic hydroxyl groups is 1. The van der Waals surface area contributed by atoms with E-state index in [0.29, 0.717) is 6.42 Å². The van der Waals surface area contributed by atoms with Gasteiger partial charge in [-0.25, -0.2) is 9.59 Å². The van der Waals surface area contributed by atoms with Crippen LogP contribution in [0.15, 0.2) is 47.6 Å². The number of carbonyl (C=O) groups excluding carboxylic acids is 2. The summed E-state index contributed by atoms with van der Waals surface area (Å²) in [5.74, 6) is -3.21. The van der Waals surface area contributed by atoms with Crippen molar-refractivity contribution >= 4 is 11.9 Å². The molecule has 25 heavy (non-hydrogen) atoms. The molecule has 0 unspecified atom stereocenters. The van der Waals surface area contributed by atoms with E-state index >= 15 is 0 Å². The first-order valence-corrected chi connectivity index (χ1v) is 8.15.